The lowest BCUT2D eigenvalue weighted by molar-refractivity contribution is -0.119. The fourth-order valence-corrected chi connectivity index (χ4v) is 4.70. The van der Waals surface area contributed by atoms with Crippen molar-refractivity contribution in [2.45, 2.75) is 57.5 Å². The van der Waals surface area contributed by atoms with Crippen LogP contribution in [0.5, 0.6) is 0 Å². The van der Waals surface area contributed by atoms with Crippen LogP contribution in [0.15, 0.2) is 42.5 Å². The predicted octanol–water partition coefficient (Wildman–Crippen LogP) is 4.27. The van der Waals surface area contributed by atoms with E-state index in [1.165, 1.54) is 11.1 Å². The van der Waals surface area contributed by atoms with Crippen molar-refractivity contribution in [1.29, 1.82) is 0 Å². The van der Waals surface area contributed by atoms with Crippen molar-refractivity contribution in [3.05, 3.63) is 59.2 Å². The Morgan fingerprint density at radius 1 is 0.933 bits per heavy atom. The molecule has 2 fully saturated rings. The van der Waals surface area contributed by atoms with Gasteiger partial charge in [0.2, 0.25) is 5.91 Å². The first-order valence-electron chi connectivity index (χ1n) is 11.2. The Morgan fingerprint density at radius 2 is 1.70 bits per heavy atom. The largest absolute Gasteiger partial charge is 0.366 e. The molecule has 0 unspecified atom stereocenters. The van der Waals surface area contributed by atoms with Crippen molar-refractivity contribution in [3.8, 4) is 0 Å². The third kappa shape index (κ3) is 4.07. The van der Waals surface area contributed by atoms with Crippen LogP contribution in [0.25, 0.3) is 0 Å². The summed E-state index contributed by atoms with van der Waals surface area (Å²) >= 11 is 0. The summed E-state index contributed by atoms with van der Waals surface area (Å²) in [6, 6.07) is 14.6. The fourth-order valence-electron chi connectivity index (χ4n) is 4.70. The highest BCUT2D eigenvalue weighted by Gasteiger charge is 2.28. The second-order valence-corrected chi connectivity index (χ2v) is 8.89. The zero-order valence-electron chi connectivity index (χ0n) is 17.3. The topological polar surface area (TPSA) is 61.4 Å². The second kappa shape index (κ2) is 8.13. The number of hydrogen-bond acceptors (Lipinski definition) is 3. The van der Waals surface area contributed by atoms with E-state index in [4.69, 9.17) is 0 Å². The maximum absolute atomic E-state index is 13.0. The van der Waals surface area contributed by atoms with Gasteiger partial charge in [-0.3, -0.25) is 9.59 Å². The molecule has 0 atom stereocenters. The van der Waals surface area contributed by atoms with Gasteiger partial charge in [0.05, 0.1) is 5.56 Å². The molecule has 1 heterocycles. The van der Waals surface area contributed by atoms with Gasteiger partial charge >= 0.3 is 0 Å². The highest BCUT2D eigenvalue weighted by molar-refractivity contribution is 6.02. The number of nitrogens with zero attached hydrogens (tertiary/aromatic N) is 1. The number of benzene rings is 2. The summed E-state index contributed by atoms with van der Waals surface area (Å²) in [5, 5.41) is 6.18. The molecule has 0 spiro atoms. The summed E-state index contributed by atoms with van der Waals surface area (Å²) in [4.78, 5) is 27.9. The maximum Gasteiger partial charge on any atom is 0.253 e. The van der Waals surface area contributed by atoms with Gasteiger partial charge in [-0.25, -0.2) is 0 Å². The number of carbonyl (C=O) groups excluding carboxylic acids is 2. The van der Waals surface area contributed by atoms with Crippen LogP contribution in [-0.2, 0) is 17.8 Å². The lowest BCUT2D eigenvalue weighted by Gasteiger charge is -2.32. The van der Waals surface area contributed by atoms with Gasteiger partial charge in [-0.2, -0.15) is 0 Å². The molecule has 156 valence electrons. The molecule has 2 aromatic carbocycles. The Balaban J connectivity index is 1.41. The van der Waals surface area contributed by atoms with Crippen LogP contribution in [0, 0.1) is 5.92 Å². The van der Waals surface area contributed by atoms with Crippen molar-refractivity contribution >= 4 is 23.2 Å². The number of fused-ring (bicyclic) bond motifs is 1. The quantitative estimate of drug-likeness (QED) is 0.784. The van der Waals surface area contributed by atoms with E-state index in [-0.39, 0.29) is 17.7 Å². The van der Waals surface area contributed by atoms with Crippen LogP contribution in [0.1, 0.15) is 60.0 Å². The van der Waals surface area contributed by atoms with E-state index in [2.05, 4.69) is 39.8 Å². The van der Waals surface area contributed by atoms with Crippen molar-refractivity contribution < 1.29 is 9.59 Å². The summed E-state index contributed by atoms with van der Waals surface area (Å²) in [5.74, 6) is 0.149. The first kappa shape index (κ1) is 19.2. The summed E-state index contributed by atoms with van der Waals surface area (Å²) in [7, 11) is 0. The number of hydrogen-bond donors (Lipinski definition) is 2. The maximum atomic E-state index is 13.0. The van der Waals surface area contributed by atoms with Crippen LogP contribution < -0.4 is 15.5 Å². The standard InChI is InChI=1S/C25H29N3O2/c29-24(18-6-2-3-7-18)27-21-11-12-23(22(15-21)25(30)26-20-9-10-20)28-14-13-17-5-1-4-8-19(17)16-28/h1,4-5,8,11-12,15,18,20H,2-3,6-7,9-10,13-14,16H2,(H,26,30)(H,27,29). The SMILES string of the molecule is O=C(NC1CC1)c1cc(NC(=O)C2CCCC2)ccc1N1CCc2ccccc2C1. The third-order valence-electron chi connectivity index (χ3n) is 6.62. The van der Waals surface area contributed by atoms with Crippen molar-refractivity contribution in [1.82, 2.24) is 5.32 Å². The van der Waals surface area contributed by atoms with E-state index in [0.717, 1.165) is 63.7 Å². The Hall–Kier alpha value is -2.82. The third-order valence-corrected chi connectivity index (χ3v) is 6.62. The van der Waals surface area contributed by atoms with Crippen LogP contribution in [-0.4, -0.2) is 24.4 Å². The number of amides is 2. The molecule has 0 saturated heterocycles. The molecule has 0 aromatic heterocycles. The van der Waals surface area contributed by atoms with Gasteiger partial charge in [-0.05, 0) is 61.4 Å². The lowest BCUT2D eigenvalue weighted by atomic mass is 9.98. The highest BCUT2D eigenvalue weighted by Crippen LogP contribution is 2.31. The van der Waals surface area contributed by atoms with E-state index < -0.39 is 0 Å². The van der Waals surface area contributed by atoms with Crippen LogP contribution in [0.3, 0.4) is 0 Å². The molecule has 2 saturated carbocycles. The molecule has 1 aliphatic heterocycles. The van der Waals surface area contributed by atoms with E-state index >= 15 is 0 Å². The minimum Gasteiger partial charge on any atom is -0.366 e. The average molecular weight is 404 g/mol. The van der Waals surface area contributed by atoms with Crippen molar-refractivity contribution in [2.24, 2.45) is 5.92 Å². The van der Waals surface area contributed by atoms with E-state index in [1.807, 2.05) is 18.2 Å². The number of rotatable bonds is 5. The average Bonchev–Trinajstić information content (AvgIpc) is 3.41. The monoisotopic (exact) mass is 403 g/mol. The molecule has 0 radical (unpaired) electrons. The number of nitrogens with one attached hydrogen (secondary N) is 2. The molecule has 3 aliphatic rings. The Bertz CT molecular complexity index is 961. The molecule has 5 rings (SSSR count). The summed E-state index contributed by atoms with van der Waals surface area (Å²) in [6.07, 6.45) is 7.26. The van der Waals surface area contributed by atoms with Gasteiger partial charge in [0.1, 0.15) is 0 Å². The molecule has 2 amide bonds. The first-order chi connectivity index (χ1) is 14.7. The number of anilines is 2. The highest BCUT2D eigenvalue weighted by atomic mass is 16.2. The Labute approximate surface area is 177 Å². The van der Waals surface area contributed by atoms with Crippen LogP contribution >= 0.6 is 0 Å². The zero-order chi connectivity index (χ0) is 20.5. The van der Waals surface area contributed by atoms with E-state index in [0.29, 0.717) is 17.3 Å². The van der Waals surface area contributed by atoms with Gasteiger partial charge in [0.25, 0.3) is 5.91 Å². The fraction of sp³-hybridized carbons (Fsp3) is 0.440. The van der Waals surface area contributed by atoms with Crippen molar-refractivity contribution in [2.75, 3.05) is 16.8 Å². The van der Waals surface area contributed by atoms with Gasteiger partial charge in [-0.15, -0.1) is 0 Å². The summed E-state index contributed by atoms with van der Waals surface area (Å²) in [6.45, 7) is 1.68. The Kier molecular flexibility index (Phi) is 5.19. The van der Waals surface area contributed by atoms with Gasteiger partial charge < -0.3 is 15.5 Å². The molecule has 0 bridgehead atoms. The summed E-state index contributed by atoms with van der Waals surface area (Å²) in [5.41, 5.74) is 5.02. The molecule has 2 aliphatic carbocycles. The van der Waals surface area contributed by atoms with Gasteiger partial charge in [-0.1, -0.05) is 37.1 Å². The lowest BCUT2D eigenvalue weighted by Crippen LogP contribution is -2.33. The first-order valence-corrected chi connectivity index (χ1v) is 11.2. The van der Waals surface area contributed by atoms with Crippen LogP contribution in [0.4, 0.5) is 11.4 Å². The zero-order valence-corrected chi connectivity index (χ0v) is 17.3. The van der Waals surface area contributed by atoms with Crippen LogP contribution in [0.2, 0.25) is 0 Å². The minimum absolute atomic E-state index is 0.0386. The molecule has 2 aromatic rings. The number of carbonyl (C=O) groups is 2. The predicted molar refractivity (Wildman–Crippen MR) is 119 cm³/mol. The Morgan fingerprint density at radius 3 is 2.47 bits per heavy atom. The second-order valence-electron chi connectivity index (χ2n) is 8.89. The summed E-state index contributed by atoms with van der Waals surface area (Å²) < 4.78 is 0. The molecule has 5 nitrogen and oxygen atoms in total. The minimum atomic E-state index is -0.0386. The molecule has 30 heavy (non-hydrogen) atoms. The van der Waals surface area contributed by atoms with Crippen molar-refractivity contribution in [3.63, 3.8) is 0 Å². The molecule has 2 N–H and O–H groups in total. The molecule has 5 heteroatoms. The van der Waals surface area contributed by atoms with Gasteiger partial charge in [0.15, 0.2) is 0 Å². The molecular weight excluding hydrogens is 374 g/mol. The van der Waals surface area contributed by atoms with Gasteiger partial charge in [0, 0.05) is 36.4 Å². The normalized spacial score (nSPS) is 18.7. The van der Waals surface area contributed by atoms with E-state index in [9.17, 15) is 9.59 Å². The molecular formula is C25H29N3O2. The smallest absolute Gasteiger partial charge is 0.253 e. The van der Waals surface area contributed by atoms with E-state index in [1.54, 1.807) is 0 Å².